The lowest BCUT2D eigenvalue weighted by Crippen LogP contribution is -2.50. The summed E-state index contributed by atoms with van der Waals surface area (Å²) < 4.78 is 0. The molecule has 1 nitrogen and oxygen atoms in total. The fourth-order valence-electron chi connectivity index (χ4n) is 4.06. The predicted octanol–water partition coefficient (Wildman–Crippen LogP) is 4.10. The van der Waals surface area contributed by atoms with Crippen LogP contribution in [0.4, 0.5) is 0 Å². The average Bonchev–Trinajstić information content (AvgIpc) is 2.83. The molecule has 0 radical (unpaired) electrons. The summed E-state index contributed by atoms with van der Waals surface area (Å²) in [5.41, 5.74) is 5.29. The Labute approximate surface area is 152 Å². The molecule has 3 heteroatoms. The van der Waals surface area contributed by atoms with E-state index in [1.165, 1.54) is 21.9 Å². The zero-order valence-electron chi connectivity index (χ0n) is 15.7. The molecule has 0 atom stereocenters. The van der Waals surface area contributed by atoms with Gasteiger partial charge in [0, 0.05) is 11.8 Å². The van der Waals surface area contributed by atoms with Crippen LogP contribution in [-0.2, 0) is 0 Å². The molecule has 0 unspecified atom stereocenters. The van der Waals surface area contributed by atoms with Crippen LogP contribution < -0.4 is 15.6 Å². The van der Waals surface area contributed by atoms with E-state index in [-0.39, 0.29) is 0 Å². The lowest BCUT2D eigenvalue weighted by Gasteiger charge is -2.22. The van der Waals surface area contributed by atoms with Gasteiger partial charge in [0.25, 0.3) is 0 Å². The van der Waals surface area contributed by atoms with E-state index < -0.39 is 16.1 Å². The van der Waals surface area contributed by atoms with Gasteiger partial charge in [0.2, 0.25) is 0 Å². The summed E-state index contributed by atoms with van der Waals surface area (Å²) in [7, 11) is -3.00. The van der Waals surface area contributed by atoms with E-state index in [0.717, 1.165) is 5.69 Å². The Bertz CT molecular complexity index is 951. The maximum atomic E-state index is 4.88. The summed E-state index contributed by atoms with van der Waals surface area (Å²) in [6.07, 6.45) is 2.11. The second-order valence-electron chi connectivity index (χ2n) is 8.58. The first kappa shape index (κ1) is 16.5. The fourth-order valence-corrected chi connectivity index (χ4v) is 8.54. The highest BCUT2D eigenvalue weighted by Gasteiger charge is 2.39. The van der Waals surface area contributed by atoms with Crippen molar-refractivity contribution >= 4 is 31.7 Å². The topological polar surface area (TPSA) is 12.9 Å². The van der Waals surface area contributed by atoms with E-state index in [1.54, 1.807) is 10.4 Å². The minimum absolute atomic E-state index is 1.12. The fraction of sp³-hybridized carbons (Fsp3) is 0.227. The maximum Gasteiger partial charge on any atom is 0.114 e. The molecule has 2 aromatic carbocycles. The summed E-state index contributed by atoms with van der Waals surface area (Å²) in [4.78, 5) is 4.88. The predicted molar refractivity (Wildman–Crippen MR) is 115 cm³/mol. The number of fused-ring (bicyclic) bond motifs is 3. The Kier molecular flexibility index (Phi) is 3.64. The SMILES string of the molecule is C[Si](C)(C)c1ccc(-c2cccc3c2[Si](C)(C)c2ccccc2-3)nc1. The Balaban J connectivity index is 1.90. The van der Waals surface area contributed by atoms with Crippen molar-refractivity contribution in [3.63, 3.8) is 0 Å². The lowest BCUT2D eigenvalue weighted by atomic mass is 10.0. The van der Waals surface area contributed by atoms with Gasteiger partial charge in [-0.1, -0.05) is 81.3 Å². The van der Waals surface area contributed by atoms with E-state index in [4.69, 9.17) is 4.98 Å². The number of nitrogens with zero attached hydrogens (tertiary/aromatic N) is 1. The molecular formula is C22H25NSi2. The molecule has 0 aliphatic carbocycles. The molecule has 0 saturated carbocycles. The summed E-state index contributed by atoms with van der Waals surface area (Å²) in [5, 5.41) is 4.52. The van der Waals surface area contributed by atoms with Crippen LogP contribution in [0.1, 0.15) is 0 Å². The van der Waals surface area contributed by atoms with Crippen molar-refractivity contribution in [3.05, 3.63) is 60.8 Å². The maximum absolute atomic E-state index is 4.88. The molecule has 0 saturated heterocycles. The summed E-state index contributed by atoms with van der Waals surface area (Å²) >= 11 is 0. The van der Waals surface area contributed by atoms with Crippen molar-refractivity contribution in [1.82, 2.24) is 4.98 Å². The van der Waals surface area contributed by atoms with Crippen molar-refractivity contribution < 1.29 is 0 Å². The largest absolute Gasteiger partial charge is 0.256 e. The van der Waals surface area contributed by atoms with Crippen LogP contribution in [0.15, 0.2) is 60.8 Å². The van der Waals surface area contributed by atoms with Gasteiger partial charge in [-0.3, -0.25) is 4.98 Å². The van der Waals surface area contributed by atoms with Gasteiger partial charge in [-0.25, -0.2) is 0 Å². The first-order valence-electron chi connectivity index (χ1n) is 9.00. The van der Waals surface area contributed by atoms with Gasteiger partial charge in [0.1, 0.15) is 8.07 Å². The normalized spacial score (nSPS) is 14.9. The van der Waals surface area contributed by atoms with Gasteiger partial charge in [0.15, 0.2) is 0 Å². The van der Waals surface area contributed by atoms with Crippen LogP contribution >= 0.6 is 0 Å². The highest BCUT2D eigenvalue weighted by Crippen LogP contribution is 2.32. The van der Waals surface area contributed by atoms with Crippen molar-refractivity contribution in [2.75, 3.05) is 0 Å². The number of benzene rings is 2. The molecule has 1 aromatic heterocycles. The molecule has 1 aliphatic rings. The Morgan fingerprint density at radius 2 is 1.44 bits per heavy atom. The third-order valence-corrected chi connectivity index (χ3v) is 11.1. The minimum atomic E-state index is -1.69. The average molecular weight is 360 g/mol. The van der Waals surface area contributed by atoms with Gasteiger partial charge in [-0.05, 0) is 32.8 Å². The number of rotatable bonds is 2. The minimum Gasteiger partial charge on any atom is -0.256 e. The Morgan fingerprint density at radius 1 is 0.760 bits per heavy atom. The van der Waals surface area contributed by atoms with Gasteiger partial charge < -0.3 is 0 Å². The van der Waals surface area contributed by atoms with Gasteiger partial charge >= 0.3 is 0 Å². The van der Waals surface area contributed by atoms with E-state index in [9.17, 15) is 0 Å². The molecule has 126 valence electrons. The van der Waals surface area contributed by atoms with Crippen LogP contribution in [0.3, 0.4) is 0 Å². The second kappa shape index (κ2) is 5.51. The number of aromatic nitrogens is 1. The van der Waals surface area contributed by atoms with Crippen LogP contribution in [0.2, 0.25) is 32.7 Å². The number of pyridine rings is 1. The summed E-state index contributed by atoms with van der Waals surface area (Å²) in [6, 6.07) is 20.2. The standard InChI is InChI=1S/C22H25NSi2/c1-24(2,3)16-13-14-20(23-15-16)19-11-8-10-18-17-9-6-7-12-21(17)25(4,5)22(18)19/h6-15H,1-5H3. The van der Waals surface area contributed by atoms with E-state index >= 15 is 0 Å². The van der Waals surface area contributed by atoms with Crippen LogP contribution in [0.25, 0.3) is 22.4 Å². The Hall–Kier alpha value is -1.98. The molecule has 25 heavy (non-hydrogen) atoms. The lowest BCUT2D eigenvalue weighted by molar-refractivity contribution is 1.34. The zero-order chi connectivity index (χ0) is 17.8. The van der Waals surface area contributed by atoms with Gasteiger partial charge in [-0.15, -0.1) is 0 Å². The van der Waals surface area contributed by atoms with E-state index in [1.807, 2.05) is 0 Å². The second-order valence-corrected chi connectivity index (χ2v) is 17.9. The smallest absolute Gasteiger partial charge is 0.114 e. The Morgan fingerprint density at radius 3 is 2.12 bits per heavy atom. The highest BCUT2D eigenvalue weighted by molar-refractivity contribution is 7.04. The van der Waals surface area contributed by atoms with Crippen molar-refractivity contribution in [1.29, 1.82) is 0 Å². The summed E-state index contributed by atoms with van der Waals surface area (Å²) in [6.45, 7) is 12.1. The molecule has 2 heterocycles. The molecular weight excluding hydrogens is 334 g/mol. The monoisotopic (exact) mass is 359 g/mol. The third kappa shape index (κ3) is 2.53. The zero-order valence-corrected chi connectivity index (χ0v) is 17.7. The van der Waals surface area contributed by atoms with Crippen molar-refractivity contribution in [2.24, 2.45) is 0 Å². The van der Waals surface area contributed by atoms with Crippen molar-refractivity contribution in [3.8, 4) is 22.4 Å². The molecule has 0 spiro atoms. The quantitative estimate of drug-likeness (QED) is 0.628. The summed E-state index contributed by atoms with van der Waals surface area (Å²) in [5.74, 6) is 0. The molecule has 0 N–H and O–H groups in total. The van der Waals surface area contributed by atoms with Crippen molar-refractivity contribution in [2.45, 2.75) is 32.7 Å². The van der Waals surface area contributed by atoms with E-state index in [0.29, 0.717) is 0 Å². The third-order valence-electron chi connectivity index (χ3n) is 5.49. The highest BCUT2D eigenvalue weighted by atomic mass is 28.3. The number of hydrogen-bond acceptors (Lipinski definition) is 1. The molecule has 0 fully saturated rings. The molecule has 3 aromatic rings. The first-order valence-corrected chi connectivity index (χ1v) is 15.5. The van der Waals surface area contributed by atoms with Crippen LogP contribution in [-0.4, -0.2) is 21.1 Å². The number of hydrogen-bond donors (Lipinski definition) is 0. The van der Waals surface area contributed by atoms with Gasteiger partial charge in [-0.2, -0.15) is 0 Å². The molecule has 4 rings (SSSR count). The molecule has 1 aliphatic heterocycles. The van der Waals surface area contributed by atoms with Crippen LogP contribution in [0.5, 0.6) is 0 Å². The van der Waals surface area contributed by atoms with Crippen LogP contribution in [0, 0.1) is 0 Å². The van der Waals surface area contributed by atoms with E-state index in [2.05, 4.69) is 93.5 Å². The molecule has 0 bridgehead atoms. The van der Waals surface area contributed by atoms with Gasteiger partial charge in [0.05, 0.1) is 13.8 Å². The molecule has 0 amide bonds. The first-order chi connectivity index (χ1) is 11.8.